The van der Waals surface area contributed by atoms with E-state index in [1.165, 1.54) is 9.91 Å². The summed E-state index contributed by atoms with van der Waals surface area (Å²) in [5.74, 6) is 0.533. The Morgan fingerprint density at radius 3 is 2.35 bits per heavy atom. The highest BCUT2D eigenvalue weighted by Crippen LogP contribution is 2.33. The molecule has 0 aromatic heterocycles. The van der Waals surface area contributed by atoms with Gasteiger partial charge in [0.25, 0.3) is 5.91 Å². The average molecular weight is 423 g/mol. The van der Waals surface area contributed by atoms with Crippen molar-refractivity contribution in [2.45, 2.75) is 38.8 Å². The average Bonchev–Trinajstić information content (AvgIpc) is 3.19. The van der Waals surface area contributed by atoms with E-state index in [4.69, 9.17) is 4.74 Å². The van der Waals surface area contributed by atoms with Crippen LogP contribution in [0, 0.1) is 0 Å². The van der Waals surface area contributed by atoms with Crippen LogP contribution < -0.4 is 10.1 Å². The Labute approximate surface area is 183 Å². The molecule has 2 aromatic rings. The van der Waals surface area contributed by atoms with Gasteiger partial charge in [-0.2, -0.15) is 5.10 Å². The molecular formula is C24H30N4O3. The Kier molecular flexibility index (Phi) is 6.63. The summed E-state index contributed by atoms with van der Waals surface area (Å²) in [6.07, 6.45) is 0.597. The molecule has 0 aliphatic carbocycles. The van der Waals surface area contributed by atoms with Gasteiger partial charge in [-0.05, 0) is 56.2 Å². The van der Waals surface area contributed by atoms with E-state index in [0.717, 1.165) is 22.6 Å². The van der Waals surface area contributed by atoms with Crippen LogP contribution in [0.2, 0.25) is 0 Å². The van der Waals surface area contributed by atoms with Crippen LogP contribution in [-0.4, -0.2) is 53.8 Å². The zero-order chi connectivity index (χ0) is 22.6. The molecule has 0 unspecified atom stereocenters. The Bertz CT molecular complexity index is 949. The SMILES string of the molecule is COc1ccc(C2=NN(C(=O)CN(C)C(=O)NC(C)(C)C)[C@H](c3ccccc3)C2)cc1. The van der Waals surface area contributed by atoms with Gasteiger partial charge in [0.1, 0.15) is 12.3 Å². The maximum Gasteiger partial charge on any atom is 0.318 e. The minimum Gasteiger partial charge on any atom is -0.497 e. The van der Waals surface area contributed by atoms with Crippen molar-refractivity contribution in [3.8, 4) is 5.75 Å². The van der Waals surface area contributed by atoms with Gasteiger partial charge in [0.2, 0.25) is 0 Å². The number of methoxy groups -OCH3 is 1. The summed E-state index contributed by atoms with van der Waals surface area (Å²) >= 11 is 0. The Morgan fingerprint density at radius 2 is 1.77 bits per heavy atom. The normalized spacial score (nSPS) is 16.0. The van der Waals surface area contributed by atoms with Crippen LogP contribution in [0.3, 0.4) is 0 Å². The van der Waals surface area contributed by atoms with Gasteiger partial charge in [-0.15, -0.1) is 0 Å². The molecule has 31 heavy (non-hydrogen) atoms. The number of nitrogens with zero attached hydrogens (tertiary/aromatic N) is 3. The lowest BCUT2D eigenvalue weighted by Crippen LogP contribution is -2.49. The molecular weight excluding hydrogens is 392 g/mol. The van der Waals surface area contributed by atoms with E-state index in [2.05, 4.69) is 10.4 Å². The van der Waals surface area contributed by atoms with Crippen molar-refractivity contribution in [1.29, 1.82) is 0 Å². The smallest absolute Gasteiger partial charge is 0.318 e. The zero-order valence-electron chi connectivity index (χ0n) is 18.8. The molecule has 164 valence electrons. The second kappa shape index (κ2) is 9.20. The quantitative estimate of drug-likeness (QED) is 0.796. The van der Waals surface area contributed by atoms with Gasteiger partial charge in [-0.1, -0.05) is 30.3 Å². The largest absolute Gasteiger partial charge is 0.497 e. The molecule has 7 nitrogen and oxygen atoms in total. The Morgan fingerprint density at radius 1 is 1.13 bits per heavy atom. The number of ether oxygens (including phenoxy) is 1. The second-order valence-corrected chi connectivity index (χ2v) is 8.68. The molecule has 0 saturated carbocycles. The number of carbonyl (C=O) groups excluding carboxylic acids is 2. The van der Waals surface area contributed by atoms with Crippen molar-refractivity contribution in [1.82, 2.24) is 15.2 Å². The number of carbonyl (C=O) groups is 2. The van der Waals surface area contributed by atoms with E-state index in [1.54, 1.807) is 14.2 Å². The summed E-state index contributed by atoms with van der Waals surface area (Å²) in [4.78, 5) is 27.0. The van der Waals surface area contributed by atoms with Gasteiger partial charge < -0.3 is 15.0 Å². The number of hydrogen-bond donors (Lipinski definition) is 1. The standard InChI is InChI=1S/C24H30N4O3/c1-24(2,3)25-23(30)27(4)16-22(29)28-21(18-9-7-6-8-10-18)15-20(26-28)17-11-13-19(31-5)14-12-17/h6-14,21H,15-16H2,1-5H3,(H,25,30)/t21-/m0/s1. The van der Waals surface area contributed by atoms with E-state index < -0.39 is 0 Å². The Balaban J connectivity index is 1.82. The van der Waals surface area contributed by atoms with Crippen molar-refractivity contribution in [2.24, 2.45) is 5.10 Å². The lowest BCUT2D eigenvalue weighted by Gasteiger charge is -2.27. The number of likely N-dealkylation sites (N-methyl/N-ethyl adjacent to an activating group) is 1. The minimum atomic E-state index is -0.381. The van der Waals surface area contributed by atoms with Crippen molar-refractivity contribution >= 4 is 17.6 Å². The number of nitrogens with one attached hydrogen (secondary N) is 1. The fraction of sp³-hybridized carbons (Fsp3) is 0.375. The first-order valence-electron chi connectivity index (χ1n) is 10.3. The van der Waals surface area contributed by atoms with Crippen LogP contribution >= 0.6 is 0 Å². The molecule has 0 radical (unpaired) electrons. The fourth-order valence-electron chi connectivity index (χ4n) is 3.40. The monoisotopic (exact) mass is 422 g/mol. The summed E-state index contributed by atoms with van der Waals surface area (Å²) in [5, 5.41) is 9.04. The third-order valence-electron chi connectivity index (χ3n) is 4.97. The summed E-state index contributed by atoms with van der Waals surface area (Å²) in [5.41, 5.74) is 2.39. The number of hydrogen-bond acceptors (Lipinski definition) is 4. The van der Waals surface area contributed by atoms with Crippen molar-refractivity contribution < 1.29 is 14.3 Å². The molecule has 1 N–H and O–H groups in total. The van der Waals surface area contributed by atoms with Crippen LogP contribution in [0.1, 0.15) is 44.4 Å². The molecule has 2 aromatic carbocycles. The molecule has 0 fully saturated rings. The van der Waals surface area contributed by atoms with Gasteiger partial charge in [-0.3, -0.25) is 4.79 Å². The number of rotatable bonds is 5. The van der Waals surface area contributed by atoms with Crippen LogP contribution in [0.15, 0.2) is 59.7 Å². The molecule has 0 bridgehead atoms. The third-order valence-corrected chi connectivity index (χ3v) is 4.97. The predicted octanol–water partition coefficient (Wildman–Crippen LogP) is 3.81. The molecule has 7 heteroatoms. The van der Waals surface area contributed by atoms with Gasteiger partial charge in [0.15, 0.2) is 0 Å². The van der Waals surface area contributed by atoms with Crippen molar-refractivity contribution in [3.05, 3.63) is 65.7 Å². The summed E-state index contributed by atoms with van der Waals surface area (Å²) < 4.78 is 5.23. The first kappa shape index (κ1) is 22.3. The molecule has 3 rings (SSSR count). The molecule has 0 saturated heterocycles. The molecule has 3 amide bonds. The fourth-order valence-corrected chi connectivity index (χ4v) is 3.40. The molecule has 1 aliphatic heterocycles. The topological polar surface area (TPSA) is 74.2 Å². The van der Waals surface area contributed by atoms with Gasteiger partial charge >= 0.3 is 6.03 Å². The lowest BCUT2D eigenvalue weighted by molar-refractivity contribution is -0.133. The van der Waals surface area contributed by atoms with Crippen molar-refractivity contribution in [3.63, 3.8) is 0 Å². The van der Waals surface area contributed by atoms with Crippen LogP contribution in [-0.2, 0) is 4.79 Å². The van der Waals surface area contributed by atoms with Gasteiger partial charge in [0, 0.05) is 19.0 Å². The first-order chi connectivity index (χ1) is 14.7. The number of benzene rings is 2. The van der Waals surface area contributed by atoms with E-state index >= 15 is 0 Å². The van der Waals surface area contributed by atoms with Gasteiger partial charge in [0.05, 0.1) is 18.9 Å². The highest BCUT2D eigenvalue weighted by Gasteiger charge is 2.34. The van der Waals surface area contributed by atoms with Gasteiger partial charge in [-0.25, -0.2) is 9.80 Å². The first-order valence-corrected chi connectivity index (χ1v) is 10.3. The van der Waals surface area contributed by atoms with E-state index in [0.29, 0.717) is 6.42 Å². The third kappa shape index (κ3) is 5.63. The van der Waals surface area contributed by atoms with E-state index in [1.807, 2.05) is 75.4 Å². The molecule has 1 heterocycles. The minimum absolute atomic E-state index is 0.0648. The number of hydrazone groups is 1. The highest BCUT2D eigenvalue weighted by atomic mass is 16.5. The number of amides is 3. The summed E-state index contributed by atoms with van der Waals surface area (Å²) in [7, 11) is 3.24. The van der Waals surface area contributed by atoms with Crippen LogP contribution in [0.25, 0.3) is 0 Å². The van der Waals surface area contributed by atoms with Crippen LogP contribution in [0.5, 0.6) is 5.75 Å². The second-order valence-electron chi connectivity index (χ2n) is 8.68. The zero-order valence-corrected chi connectivity index (χ0v) is 18.8. The van der Waals surface area contributed by atoms with Crippen LogP contribution in [0.4, 0.5) is 4.79 Å². The summed E-state index contributed by atoms with van der Waals surface area (Å²) in [6.45, 7) is 5.64. The molecule has 1 aliphatic rings. The molecule has 1 atom stereocenters. The lowest BCUT2D eigenvalue weighted by atomic mass is 9.98. The Hall–Kier alpha value is -3.35. The number of urea groups is 1. The van der Waals surface area contributed by atoms with E-state index in [-0.39, 0.29) is 30.1 Å². The molecule has 0 spiro atoms. The van der Waals surface area contributed by atoms with E-state index in [9.17, 15) is 9.59 Å². The van der Waals surface area contributed by atoms with Crippen molar-refractivity contribution in [2.75, 3.05) is 20.7 Å². The predicted molar refractivity (Wildman–Crippen MR) is 121 cm³/mol. The summed E-state index contributed by atoms with van der Waals surface area (Å²) in [6, 6.07) is 17.0. The maximum atomic E-state index is 13.2. The maximum absolute atomic E-state index is 13.2. The highest BCUT2D eigenvalue weighted by molar-refractivity contribution is 6.03.